The van der Waals surface area contributed by atoms with E-state index in [1.165, 1.54) is 0 Å². The Kier molecular flexibility index (Phi) is 5.64. The normalized spacial score (nSPS) is 11.6. The van der Waals surface area contributed by atoms with E-state index in [-0.39, 0.29) is 18.9 Å². The molecule has 1 aromatic rings. The number of benzene rings is 1. The van der Waals surface area contributed by atoms with Gasteiger partial charge in [0.25, 0.3) is 0 Å². The van der Waals surface area contributed by atoms with E-state index in [1.54, 1.807) is 0 Å². The van der Waals surface area contributed by atoms with Crippen LogP contribution in [0.2, 0.25) is 0 Å². The predicted molar refractivity (Wildman–Crippen MR) is 67.2 cm³/mol. The Balaban J connectivity index is 2.59. The highest BCUT2D eigenvalue weighted by Crippen LogP contribution is 2.23. The molecule has 0 aliphatic heterocycles. The van der Waals surface area contributed by atoms with Gasteiger partial charge in [0.15, 0.2) is 0 Å². The van der Waals surface area contributed by atoms with Gasteiger partial charge in [-0.05, 0) is 17.9 Å². The van der Waals surface area contributed by atoms with Crippen LogP contribution in [0.1, 0.15) is 24.3 Å². The van der Waals surface area contributed by atoms with E-state index >= 15 is 0 Å². The highest BCUT2D eigenvalue weighted by molar-refractivity contribution is 5.81. The molecule has 0 spiro atoms. The summed E-state index contributed by atoms with van der Waals surface area (Å²) >= 11 is 0. The Morgan fingerprint density at radius 3 is 2.56 bits per heavy atom. The van der Waals surface area contributed by atoms with E-state index < -0.39 is 11.9 Å². The molecule has 1 unspecified atom stereocenters. The third-order valence-electron chi connectivity index (χ3n) is 2.57. The molecule has 0 aliphatic rings. The fourth-order valence-electron chi connectivity index (χ4n) is 1.68. The fraction of sp³-hybridized carbons (Fsp3) is 0.286. The van der Waals surface area contributed by atoms with Crippen LogP contribution in [0.4, 0.5) is 0 Å². The highest BCUT2D eigenvalue weighted by atomic mass is 16.5. The summed E-state index contributed by atoms with van der Waals surface area (Å²) in [6.45, 7) is 3.49. The van der Waals surface area contributed by atoms with Crippen LogP contribution in [0.15, 0.2) is 43.0 Å². The SMILES string of the molecule is C=CC(=O)OCCC(CC(=O)O)c1ccccc1. The second-order valence-corrected chi connectivity index (χ2v) is 3.87. The van der Waals surface area contributed by atoms with Crippen molar-refractivity contribution in [2.45, 2.75) is 18.8 Å². The van der Waals surface area contributed by atoms with Crippen molar-refractivity contribution in [1.82, 2.24) is 0 Å². The number of hydrogen-bond acceptors (Lipinski definition) is 3. The first-order chi connectivity index (χ1) is 8.63. The Labute approximate surface area is 106 Å². The zero-order valence-corrected chi connectivity index (χ0v) is 10.0. The summed E-state index contributed by atoms with van der Waals surface area (Å²) in [5, 5.41) is 8.88. The zero-order valence-electron chi connectivity index (χ0n) is 10.0. The standard InChI is InChI=1S/C14H16O4/c1-2-14(17)18-9-8-12(10-13(15)16)11-6-4-3-5-7-11/h2-7,12H,1,8-10H2,(H,15,16). The lowest BCUT2D eigenvalue weighted by Crippen LogP contribution is -2.11. The Morgan fingerprint density at radius 1 is 1.33 bits per heavy atom. The van der Waals surface area contributed by atoms with Gasteiger partial charge in [0.2, 0.25) is 0 Å². The van der Waals surface area contributed by atoms with Gasteiger partial charge in [0.1, 0.15) is 0 Å². The topological polar surface area (TPSA) is 63.6 Å². The monoisotopic (exact) mass is 248 g/mol. The molecule has 1 rings (SSSR count). The lowest BCUT2D eigenvalue weighted by atomic mass is 9.93. The fourth-order valence-corrected chi connectivity index (χ4v) is 1.68. The van der Waals surface area contributed by atoms with Crippen molar-refractivity contribution in [2.24, 2.45) is 0 Å². The number of carboxylic acid groups (broad SMARTS) is 1. The van der Waals surface area contributed by atoms with Crippen LogP contribution in [-0.4, -0.2) is 23.7 Å². The summed E-state index contributed by atoms with van der Waals surface area (Å²) in [7, 11) is 0. The molecule has 0 amide bonds. The van der Waals surface area contributed by atoms with E-state index in [4.69, 9.17) is 9.84 Å². The molecule has 4 nitrogen and oxygen atoms in total. The van der Waals surface area contributed by atoms with Crippen molar-refractivity contribution in [2.75, 3.05) is 6.61 Å². The first-order valence-electron chi connectivity index (χ1n) is 5.69. The first kappa shape index (κ1) is 14.0. The molecule has 0 radical (unpaired) electrons. The minimum atomic E-state index is -0.862. The van der Waals surface area contributed by atoms with Gasteiger partial charge in [-0.2, -0.15) is 0 Å². The summed E-state index contributed by atoms with van der Waals surface area (Å²) in [6.07, 6.45) is 1.60. The molecule has 1 atom stereocenters. The number of carboxylic acids is 1. The quantitative estimate of drug-likeness (QED) is 0.594. The maximum Gasteiger partial charge on any atom is 0.330 e. The third-order valence-corrected chi connectivity index (χ3v) is 2.57. The predicted octanol–water partition coefficient (Wildman–Crippen LogP) is 2.36. The van der Waals surface area contributed by atoms with E-state index in [1.807, 2.05) is 30.3 Å². The van der Waals surface area contributed by atoms with Crippen molar-refractivity contribution < 1.29 is 19.4 Å². The van der Waals surface area contributed by atoms with Gasteiger partial charge in [-0.15, -0.1) is 0 Å². The number of carbonyl (C=O) groups excluding carboxylic acids is 1. The van der Waals surface area contributed by atoms with Gasteiger partial charge < -0.3 is 9.84 Å². The maximum absolute atomic E-state index is 10.9. The summed E-state index contributed by atoms with van der Waals surface area (Å²) in [4.78, 5) is 21.7. The molecule has 0 aromatic heterocycles. The molecule has 0 aliphatic carbocycles. The summed E-state index contributed by atoms with van der Waals surface area (Å²) in [5.74, 6) is -1.50. The Hall–Kier alpha value is -2.10. The first-order valence-corrected chi connectivity index (χ1v) is 5.69. The number of ether oxygens (including phenoxy) is 1. The van der Waals surface area contributed by atoms with Crippen LogP contribution in [0.3, 0.4) is 0 Å². The molecule has 1 N–H and O–H groups in total. The average molecular weight is 248 g/mol. The van der Waals surface area contributed by atoms with Crippen molar-refractivity contribution >= 4 is 11.9 Å². The minimum Gasteiger partial charge on any atom is -0.481 e. The molecular weight excluding hydrogens is 232 g/mol. The second kappa shape index (κ2) is 7.27. The van der Waals surface area contributed by atoms with Gasteiger partial charge in [-0.3, -0.25) is 4.79 Å². The van der Waals surface area contributed by atoms with Gasteiger partial charge >= 0.3 is 11.9 Å². The molecule has 0 saturated carbocycles. The van der Waals surface area contributed by atoms with E-state index in [0.29, 0.717) is 6.42 Å². The lowest BCUT2D eigenvalue weighted by Gasteiger charge is -2.14. The van der Waals surface area contributed by atoms with Crippen molar-refractivity contribution in [3.8, 4) is 0 Å². The molecule has 0 saturated heterocycles. The molecule has 18 heavy (non-hydrogen) atoms. The van der Waals surface area contributed by atoms with E-state index in [0.717, 1.165) is 11.6 Å². The lowest BCUT2D eigenvalue weighted by molar-refractivity contribution is -0.138. The third kappa shape index (κ3) is 4.82. The molecule has 0 heterocycles. The zero-order chi connectivity index (χ0) is 13.4. The summed E-state index contributed by atoms with van der Waals surface area (Å²) < 4.78 is 4.87. The van der Waals surface area contributed by atoms with Crippen LogP contribution < -0.4 is 0 Å². The average Bonchev–Trinajstić information content (AvgIpc) is 2.38. The van der Waals surface area contributed by atoms with Crippen LogP contribution >= 0.6 is 0 Å². The number of esters is 1. The van der Waals surface area contributed by atoms with Crippen molar-refractivity contribution in [3.05, 3.63) is 48.6 Å². The smallest absolute Gasteiger partial charge is 0.330 e. The minimum absolute atomic E-state index is 0.0235. The van der Waals surface area contributed by atoms with Crippen LogP contribution in [0.25, 0.3) is 0 Å². The molecule has 96 valence electrons. The van der Waals surface area contributed by atoms with E-state index in [9.17, 15) is 9.59 Å². The van der Waals surface area contributed by atoms with Crippen molar-refractivity contribution in [1.29, 1.82) is 0 Å². The number of hydrogen-bond donors (Lipinski definition) is 1. The van der Waals surface area contributed by atoms with Gasteiger partial charge in [0, 0.05) is 6.08 Å². The Bertz CT molecular complexity index is 411. The summed E-state index contributed by atoms with van der Waals surface area (Å²) in [6, 6.07) is 9.35. The Morgan fingerprint density at radius 2 is 2.00 bits per heavy atom. The van der Waals surface area contributed by atoms with Gasteiger partial charge in [-0.25, -0.2) is 4.79 Å². The highest BCUT2D eigenvalue weighted by Gasteiger charge is 2.15. The molecule has 1 aromatic carbocycles. The largest absolute Gasteiger partial charge is 0.481 e. The number of carbonyl (C=O) groups is 2. The second-order valence-electron chi connectivity index (χ2n) is 3.87. The molecular formula is C14H16O4. The number of aliphatic carboxylic acids is 1. The number of rotatable bonds is 7. The van der Waals surface area contributed by atoms with Crippen LogP contribution in [-0.2, 0) is 14.3 Å². The molecule has 0 fully saturated rings. The van der Waals surface area contributed by atoms with Gasteiger partial charge in [-0.1, -0.05) is 36.9 Å². The van der Waals surface area contributed by atoms with Gasteiger partial charge in [0.05, 0.1) is 13.0 Å². The van der Waals surface area contributed by atoms with Crippen LogP contribution in [0.5, 0.6) is 0 Å². The molecule has 0 bridgehead atoms. The van der Waals surface area contributed by atoms with Crippen molar-refractivity contribution in [3.63, 3.8) is 0 Å². The molecule has 4 heteroatoms. The van der Waals surface area contributed by atoms with Crippen LogP contribution in [0, 0.1) is 0 Å². The summed E-state index contributed by atoms with van der Waals surface area (Å²) in [5.41, 5.74) is 0.939. The maximum atomic E-state index is 10.9. The van der Waals surface area contributed by atoms with E-state index in [2.05, 4.69) is 6.58 Å².